The number of hydrogen-bond donors (Lipinski definition) is 1. The van der Waals surface area contributed by atoms with Crippen molar-refractivity contribution in [2.75, 3.05) is 0 Å². The molecule has 0 aliphatic rings. The van der Waals surface area contributed by atoms with Crippen molar-refractivity contribution in [3.63, 3.8) is 0 Å². The number of nitro benzene ring substituents is 1. The number of non-ortho nitro benzene ring substituents is 1. The number of rotatable bonds is 7. The van der Waals surface area contributed by atoms with Crippen LogP contribution in [0.3, 0.4) is 0 Å². The summed E-state index contributed by atoms with van der Waals surface area (Å²) in [4.78, 5) is 40.2. The second kappa shape index (κ2) is 9.88. The second-order valence-corrected chi connectivity index (χ2v) is 7.81. The number of pyridine rings is 1. The maximum Gasteiger partial charge on any atom is 0.271 e. The predicted octanol–water partition coefficient (Wildman–Crippen LogP) is 3.66. The van der Waals surface area contributed by atoms with E-state index in [9.17, 15) is 19.7 Å². The summed E-state index contributed by atoms with van der Waals surface area (Å²) >= 11 is 1.40. The quantitative estimate of drug-likeness (QED) is 0.148. The van der Waals surface area contributed by atoms with Gasteiger partial charge in [0, 0.05) is 29.6 Å². The van der Waals surface area contributed by atoms with Gasteiger partial charge in [0.2, 0.25) is 0 Å². The summed E-state index contributed by atoms with van der Waals surface area (Å²) in [5.74, 6) is 0.0419. The number of carbonyl (C=O) groups is 1. The minimum atomic E-state index is -0.562. The smallest absolute Gasteiger partial charge is 0.268 e. The second-order valence-electron chi connectivity index (χ2n) is 6.84. The molecule has 1 amide bonds. The molecule has 1 N–H and O–H groups in total. The highest BCUT2D eigenvalue weighted by atomic mass is 32.2. The number of amides is 1. The van der Waals surface area contributed by atoms with Crippen LogP contribution in [-0.4, -0.2) is 26.4 Å². The molecule has 0 radical (unpaired) electrons. The van der Waals surface area contributed by atoms with E-state index in [1.165, 1.54) is 46.6 Å². The lowest BCUT2D eigenvalue weighted by Gasteiger charge is -2.08. The minimum absolute atomic E-state index is 0.120. The van der Waals surface area contributed by atoms with Gasteiger partial charge < -0.3 is 0 Å². The van der Waals surface area contributed by atoms with Crippen molar-refractivity contribution in [3.8, 4) is 0 Å². The molecule has 4 aromatic rings. The Labute approximate surface area is 192 Å². The Hall–Kier alpha value is -4.31. The largest absolute Gasteiger partial charge is 0.271 e. The maximum atomic E-state index is 13.0. The van der Waals surface area contributed by atoms with Crippen LogP contribution in [-0.2, 0) is 5.75 Å². The van der Waals surface area contributed by atoms with Crippen LogP contribution in [0.25, 0.3) is 5.65 Å². The fraction of sp³-hybridized carbons (Fsp3) is 0.0435. The van der Waals surface area contributed by atoms with E-state index < -0.39 is 10.8 Å². The van der Waals surface area contributed by atoms with Crippen molar-refractivity contribution in [2.24, 2.45) is 5.10 Å². The third-order valence-corrected chi connectivity index (χ3v) is 5.71. The fourth-order valence-electron chi connectivity index (χ4n) is 2.98. The number of nitrogens with zero attached hydrogens (tertiary/aromatic N) is 4. The standard InChI is InChI=1S/C23H17N5O4S/c29-21(17-9-11-18(12-10-17)28(31)32)26-24-14-19-22(33-15-16-6-2-1-3-7-16)25-20-8-4-5-13-27(20)23(19)30/h1-14H,15H2,(H,26,29). The molecule has 164 valence electrons. The first-order chi connectivity index (χ1) is 16.0. The first-order valence-corrected chi connectivity index (χ1v) is 10.8. The van der Waals surface area contributed by atoms with Crippen LogP contribution in [0.1, 0.15) is 21.5 Å². The van der Waals surface area contributed by atoms with E-state index in [1.54, 1.807) is 24.4 Å². The SMILES string of the molecule is O=C(NN=Cc1c(SCc2ccccc2)nc2ccccn2c1=O)c1ccc([N+](=O)[O-])cc1. The number of nitro groups is 1. The van der Waals surface area contributed by atoms with E-state index in [2.05, 4.69) is 15.5 Å². The molecule has 4 rings (SSSR count). The van der Waals surface area contributed by atoms with Gasteiger partial charge in [-0.15, -0.1) is 11.8 Å². The summed E-state index contributed by atoms with van der Waals surface area (Å²) in [6, 6.07) is 20.2. The van der Waals surface area contributed by atoms with Crippen LogP contribution in [0.4, 0.5) is 5.69 Å². The third-order valence-electron chi connectivity index (χ3n) is 4.65. The molecule has 0 aliphatic carbocycles. The van der Waals surface area contributed by atoms with Gasteiger partial charge in [-0.25, -0.2) is 10.4 Å². The first kappa shape index (κ1) is 21.9. The van der Waals surface area contributed by atoms with E-state index in [1.807, 2.05) is 30.3 Å². The van der Waals surface area contributed by atoms with Crippen molar-refractivity contribution in [1.82, 2.24) is 14.8 Å². The number of hydrazone groups is 1. The molecular formula is C23H17N5O4S. The van der Waals surface area contributed by atoms with Gasteiger partial charge in [-0.05, 0) is 29.8 Å². The fourth-order valence-corrected chi connectivity index (χ4v) is 3.93. The topological polar surface area (TPSA) is 119 Å². The Bertz CT molecular complexity index is 1400. The molecule has 0 bridgehead atoms. The maximum absolute atomic E-state index is 13.0. The minimum Gasteiger partial charge on any atom is -0.268 e. The van der Waals surface area contributed by atoms with Gasteiger partial charge in [0.1, 0.15) is 10.7 Å². The molecule has 0 saturated heterocycles. The zero-order valence-corrected chi connectivity index (χ0v) is 17.9. The molecule has 0 saturated carbocycles. The van der Waals surface area contributed by atoms with Crippen LogP contribution >= 0.6 is 11.8 Å². The van der Waals surface area contributed by atoms with E-state index in [0.717, 1.165) is 5.56 Å². The molecule has 0 unspecified atom stereocenters. The van der Waals surface area contributed by atoms with Crippen molar-refractivity contribution < 1.29 is 9.72 Å². The Morgan fingerprint density at radius 1 is 1.09 bits per heavy atom. The summed E-state index contributed by atoms with van der Waals surface area (Å²) in [5, 5.41) is 15.2. The number of fused-ring (bicyclic) bond motifs is 1. The van der Waals surface area contributed by atoms with Crippen molar-refractivity contribution in [3.05, 3.63) is 116 Å². The molecule has 2 aromatic heterocycles. The number of thioether (sulfide) groups is 1. The van der Waals surface area contributed by atoms with Crippen LogP contribution < -0.4 is 11.0 Å². The van der Waals surface area contributed by atoms with E-state index in [-0.39, 0.29) is 22.4 Å². The molecule has 10 heteroatoms. The lowest BCUT2D eigenvalue weighted by molar-refractivity contribution is -0.384. The zero-order valence-electron chi connectivity index (χ0n) is 17.1. The highest BCUT2D eigenvalue weighted by Gasteiger charge is 2.13. The summed E-state index contributed by atoms with van der Waals surface area (Å²) in [6.07, 6.45) is 2.88. The first-order valence-electron chi connectivity index (χ1n) is 9.79. The van der Waals surface area contributed by atoms with E-state index in [4.69, 9.17) is 0 Å². The van der Waals surface area contributed by atoms with Gasteiger partial charge in [0.25, 0.3) is 17.2 Å². The Morgan fingerprint density at radius 3 is 2.55 bits per heavy atom. The predicted molar refractivity (Wildman–Crippen MR) is 126 cm³/mol. The summed E-state index contributed by atoms with van der Waals surface area (Å²) in [7, 11) is 0. The van der Waals surface area contributed by atoms with Crippen LogP contribution in [0.5, 0.6) is 0 Å². The number of benzene rings is 2. The normalized spacial score (nSPS) is 11.0. The molecule has 9 nitrogen and oxygen atoms in total. The molecule has 0 spiro atoms. The van der Waals surface area contributed by atoms with Gasteiger partial charge in [0.15, 0.2) is 0 Å². The highest BCUT2D eigenvalue weighted by molar-refractivity contribution is 7.98. The Kier molecular flexibility index (Phi) is 6.56. The molecule has 0 atom stereocenters. The van der Waals surface area contributed by atoms with Gasteiger partial charge in [-0.3, -0.25) is 24.1 Å². The molecule has 33 heavy (non-hydrogen) atoms. The number of hydrogen-bond acceptors (Lipinski definition) is 7. The van der Waals surface area contributed by atoms with Gasteiger partial charge in [0.05, 0.1) is 16.7 Å². The van der Waals surface area contributed by atoms with Crippen molar-refractivity contribution >= 4 is 35.2 Å². The molecule has 2 aromatic carbocycles. The van der Waals surface area contributed by atoms with E-state index in [0.29, 0.717) is 16.4 Å². The lowest BCUT2D eigenvalue weighted by atomic mass is 10.2. The highest BCUT2D eigenvalue weighted by Crippen LogP contribution is 2.23. The molecular weight excluding hydrogens is 442 g/mol. The monoisotopic (exact) mass is 459 g/mol. The molecule has 0 aliphatic heterocycles. The van der Waals surface area contributed by atoms with E-state index >= 15 is 0 Å². The van der Waals surface area contributed by atoms with Gasteiger partial charge in [-0.1, -0.05) is 36.4 Å². The number of nitrogens with one attached hydrogen (secondary N) is 1. The van der Waals surface area contributed by atoms with Crippen LogP contribution in [0, 0.1) is 10.1 Å². The summed E-state index contributed by atoms with van der Waals surface area (Å²) in [5.41, 5.74) is 3.93. The Balaban J connectivity index is 1.59. The van der Waals surface area contributed by atoms with Crippen molar-refractivity contribution in [1.29, 1.82) is 0 Å². The molecule has 2 heterocycles. The molecule has 0 fully saturated rings. The van der Waals surface area contributed by atoms with Gasteiger partial charge in [-0.2, -0.15) is 5.10 Å². The van der Waals surface area contributed by atoms with Crippen molar-refractivity contribution in [2.45, 2.75) is 10.8 Å². The van der Waals surface area contributed by atoms with Crippen LogP contribution in [0.15, 0.2) is 93.9 Å². The zero-order chi connectivity index (χ0) is 23.2. The number of aromatic nitrogens is 2. The average molecular weight is 459 g/mol. The number of carbonyl (C=O) groups excluding carboxylic acids is 1. The summed E-state index contributed by atoms with van der Waals surface area (Å²) < 4.78 is 1.41. The van der Waals surface area contributed by atoms with Crippen LogP contribution in [0.2, 0.25) is 0 Å². The average Bonchev–Trinajstić information content (AvgIpc) is 2.85. The Morgan fingerprint density at radius 2 is 1.82 bits per heavy atom. The van der Waals surface area contributed by atoms with Gasteiger partial charge >= 0.3 is 0 Å². The third kappa shape index (κ3) is 5.13. The lowest BCUT2D eigenvalue weighted by Crippen LogP contribution is -2.23. The summed E-state index contributed by atoms with van der Waals surface area (Å²) in [6.45, 7) is 0.